The molecule has 1 aliphatic carbocycles. The summed E-state index contributed by atoms with van der Waals surface area (Å²) < 4.78 is 43.6. The van der Waals surface area contributed by atoms with E-state index in [1.54, 1.807) is 42.5 Å². The third-order valence-electron chi connectivity index (χ3n) is 8.74. The Kier molecular flexibility index (Phi) is 11.4. The van der Waals surface area contributed by atoms with Gasteiger partial charge >= 0.3 is 0 Å². The molecule has 1 fully saturated rings. The lowest BCUT2D eigenvalue weighted by Gasteiger charge is -2.35. The van der Waals surface area contributed by atoms with Crippen LogP contribution in [0.15, 0.2) is 114 Å². The number of nitrogens with one attached hydrogen (secondary N) is 1. The number of benzene rings is 4. The summed E-state index contributed by atoms with van der Waals surface area (Å²) in [4.78, 5) is 30.4. The van der Waals surface area contributed by atoms with E-state index in [-0.39, 0.29) is 29.8 Å². The number of nitrogens with zero attached hydrogens (tertiary/aromatic N) is 2. The molecule has 0 aliphatic heterocycles. The minimum absolute atomic E-state index is 0.00341. The van der Waals surface area contributed by atoms with Crippen molar-refractivity contribution in [2.24, 2.45) is 0 Å². The number of rotatable bonds is 13. The summed E-state index contributed by atoms with van der Waals surface area (Å²) in [6, 6.07) is 29.5. The highest BCUT2D eigenvalue weighted by Gasteiger charge is 2.36. The summed E-state index contributed by atoms with van der Waals surface area (Å²) in [5.41, 5.74) is 2.65. The zero-order valence-electron chi connectivity index (χ0n) is 26.7. The van der Waals surface area contributed by atoms with E-state index in [1.165, 1.54) is 29.2 Å². The van der Waals surface area contributed by atoms with Gasteiger partial charge in [-0.05, 0) is 66.3 Å². The smallest absolute Gasteiger partial charge is 0.264 e. The van der Waals surface area contributed by atoms with Gasteiger partial charge in [-0.3, -0.25) is 13.9 Å². The summed E-state index contributed by atoms with van der Waals surface area (Å²) in [6.45, 7) is 1.39. The topological polar surface area (TPSA) is 86.8 Å². The molecule has 5 rings (SSSR count). The summed E-state index contributed by atoms with van der Waals surface area (Å²) >= 11 is 0. The van der Waals surface area contributed by atoms with Crippen LogP contribution in [0.4, 0.5) is 10.1 Å². The molecule has 0 spiro atoms. The van der Waals surface area contributed by atoms with Crippen molar-refractivity contribution in [3.63, 3.8) is 0 Å². The third kappa shape index (κ3) is 8.65. The van der Waals surface area contributed by atoms with Crippen molar-refractivity contribution in [2.75, 3.05) is 10.8 Å². The van der Waals surface area contributed by atoms with Crippen LogP contribution in [0.5, 0.6) is 0 Å². The second-order valence-corrected chi connectivity index (χ2v) is 13.9. The van der Waals surface area contributed by atoms with E-state index in [2.05, 4.69) is 5.32 Å². The number of anilines is 1. The summed E-state index contributed by atoms with van der Waals surface area (Å²) in [6.07, 6.45) is 5.68. The van der Waals surface area contributed by atoms with Gasteiger partial charge in [-0.2, -0.15) is 0 Å². The van der Waals surface area contributed by atoms with Crippen LogP contribution in [0.1, 0.15) is 55.7 Å². The second kappa shape index (κ2) is 15.9. The molecule has 246 valence electrons. The molecule has 0 aromatic heterocycles. The summed E-state index contributed by atoms with van der Waals surface area (Å²) in [5, 5.41) is 3.20. The summed E-state index contributed by atoms with van der Waals surface area (Å²) in [7, 11) is -4.19. The van der Waals surface area contributed by atoms with Crippen molar-refractivity contribution in [1.82, 2.24) is 10.2 Å². The molecule has 1 N–H and O–H groups in total. The van der Waals surface area contributed by atoms with Crippen LogP contribution >= 0.6 is 0 Å². The predicted octanol–water partition coefficient (Wildman–Crippen LogP) is 6.67. The van der Waals surface area contributed by atoms with Gasteiger partial charge in [-0.15, -0.1) is 0 Å². The Morgan fingerprint density at radius 3 is 2.09 bits per heavy atom. The Morgan fingerprint density at radius 1 is 0.809 bits per heavy atom. The van der Waals surface area contributed by atoms with Crippen molar-refractivity contribution >= 4 is 27.5 Å². The van der Waals surface area contributed by atoms with E-state index in [9.17, 15) is 22.4 Å². The van der Waals surface area contributed by atoms with Crippen LogP contribution in [0.2, 0.25) is 0 Å². The average Bonchev–Trinajstić information content (AvgIpc) is 3.10. The first-order valence-electron chi connectivity index (χ1n) is 16.3. The number of para-hydroxylation sites is 1. The number of halogens is 1. The molecule has 1 saturated carbocycles. The first-order valence-corrected chi connectivity index (χ1v) is 17.7. The van der Waals surface area contributed by atoms with Gasteiger partial charge in [0.2, 0.25) is 11.8 Å². The number of carbonyl (C=O) groups is 2. The van der Waals surface area contributed by atoms with E-state index in [0.29, 0.717) is 17.7 Å². The molecular weight excluding hydrogens is 614 g/mol. The van der Waals surface area contributed by atoms with E-state index in [1.807, 2.05) is 49.4 Å². The Labute approximate surface area is 277 Å². The van der Waals surface area contributed by atoms with Gasteiger partial charge < -0.3 is 10.2 Å². The number of aryl methyl sites for hydroxylation is 1. The van der Waals surface area contributed by atoms with E-state index in [0.717, 1.165) is 47.5 Å². The molecule has 47 heavy (non-hydrogen) atoms. The fourth-order valence-electron chi connectivity index (χ4n) is 6.17. The van der Waals surface area contributed by atoms with Gasteiger partial charge in [-0.1, -0.05) is 105 Å². The lowest BCUT2D eigenvalue weighted by molar-refractivity contribution is -0.140. The zero-order chi connectivity index (χ0) is 33.2. The van der Waals surface area contributed by atoms with Crippen LogP contribution in [0.3, 0.4) is 0 Å². The molecule has 0 radical (unpaired) electrons. The molecule has 9 heteroatoms. The quantitative estimate of drug-likeness (QED) is 0.174. The van der Waals surface area contributed by atoms with Crippen molar-refractivity contribution < 1.29 is 22.4 Å². The molecule has 4 aromatic carbocycles. The molecule has 1 unspecified atom stereocenters. The number of hydrogen-bond donors (Lipinski definition) is 1. The lowest BCUT2D eigenvalue weighted by Crippen LogP contribution is -2.55. The molecule has 0 heterocycles. The highest BCUT2D eigenvalue weighted by atomic mass is 32.2. The van der Waals surface area contributed by atoms with Crippen LogP contribution < -0.4 is 9.62 Å². The first kappa shape index (κ1) is 33.9. The van der Waals surface area contributed by atoms with Gasteiger partial charge in [0.15, 0.2) is 0 Å². The van der Waals surface area contributed by atoms with E-state index < -0.39 is 34.3 Å². The standard InChI is InChI=1S/C38H42FN3O4S/c1-2-31-16-12-13-21-35(31)42(47(45,46)34-19-10-5-11-20-34)28-37(43)41(27-30-22-24-32(39)25-23-30)36(26-29-14-6-3-7-15-29)38(44)40-33-17-8-4-9-18-33/h3,5-7,10-16,19-25,33,36H,2,4,8-9,17-18,26-28H2,1H3,(H,40,44). The Morgan fingerprint density at radius 2 is 1.43 bits per heavy atom. The van der Waals surface area contributed by atoms with Crippen LogP contribution in [-0.2, 0) is 39.0 Å². The molecule has 4 aromatic rings. The molecule has 0 saturated heterocycles. The maximum atomic E-state index is 14.7. The Hall–Kier alpha value is -4.50. The molecular formula is C38H42FN3O4S. The fraction of sp³-hybridized carbons (Fsp3) is 0.316. The van der Waals surface area contributed by atoms with Crippen molar-refractivity contribution in [3.05, 3.63) is 132 Å². The van der Waals surface area contributed by atoms with Gasteiger partial charge in [0.05, 0.1) is 10.6 Å². The maximum absolute atomic E-state index is 14.7. The molecule has 1 aliphatic rings. The zero-order valence-corrected chi connectivity index (χ0v) is 27.5. The number of sulfonamides is 1. The van der Waals surface area contributed by atoms with Gasteiger partial charge in [0.1, 0.15) is 18.4 Å². The Balaban J connectivity index is 1.57. The largest absolute Gasteiger partial charge is 0.352 e. The molecule has 2 amide bonds. The first-order chi connectivity index (χ1) is 22.8. The van der Waals surface area contributed by atoms with E-state index in [4.69, 9.17) is 0 Å². The highest BCUT2D eigenvalue weighted by Crippen LogP contribution is 2.29. The van der Waals surface area contributed by atoms with Crippen molar-refractivity contribution in [1.29, 1.82) is 0 Å². The van der Waals surface area contributed by atoms with Crippen LogP contribution in [0.25, 0.3) is 0 Å². The minimum atomic E-state index is -4.19. The van der Waals surface area contributed by atoms with E-state index >= 15 is 0 Å². The van der Waals surface area contributed by atoms with Crippen LogP contribution in [0, 0.1) is 5.82 Å². The molecule has 1 atom stereocenters. The SMILES string of the molecule is CCc1ccccc1N(CC(=O)N(Cc1ccc(F)cc1)C(Cc1ccccc1)C(=O)NC1CCCCC1)S(=O)(=O)c1ccccc1. The van der Waals surface area contributed by atoms with Gasteiger partial charge in [0.25, 0.3) is 10.0 Å². The van der Waals surface area contributed by atoms with Crippen molar-refractivity contribution in [2.45, 2.75) is 75.4 Å². The van der Waals surface area contributed by atoms with Gasteiger partial charge in [0, 0.05) is 19.0 Å². The molecule has 7 nitrogen and oxygen atoms in total. The summed E-state index contributed by atoms with van der Waals surface area (Å²) in [5.74, 6) is -1.25. The molecule has 0 bridgehead atoms. The predicted molar refractivity (Wildman–Crippen MR) is 183 cm³/mol. The Bertz CT molecular complexity index is 1730. The number of hydrogen-bond acceptors (Lipinski definition) is 4. The monoisotopic (exact) mass is 655 g/mol. The van der Waals surface area contributed by atoms with Gasteiger partial charge in [-0.25, -0.2) is 12.8 Å². The van der Waals surface area contributed by atoms with Crippen LogP contribution in [-0.4, -0.2) is 43.8 Å². The van der Waals surface area contributed by atoms with Crippen molar-refractivity contribution in [3.8, 4) is 0 Å². The number of carbonyl (C=O) groups excluding carboxylic acids is 2. The minimum Gasteiger partial charge on any atom is -0.352 e. The maximum Gasteiger partial charge on any atom is 0.264 e. The second-order valence-electron chi connectivity index (χ2n) is 12.0. The average molecular weight is 656 g/mol. The normalized spacial score (nSPS) is 14.3. The third-order valence-corrected chi connectivity index (χ3v) is 10.5. The number of amides is 2. The fourth-order valence-corrected chi connectivity index (χ4v) is 7.64. The highest BCUT2D eigenvalue weighted by molar-refractivity contribution is 7.92. The lowest BCUT2D eigenvalue weighted by atomic mass is 9.94.